The highest BCUT2D eigenvalue weighted by molar-refractivity contribution is 5.74. The van der Waals surface area contributed by atoms with Gasteiger partial charge in [0, 0.05) is 12.1 Å². The molecular weight excluding hydrogens is 214 g/mol. The minimum Gasteiger partial charge on any atom is -0.424 e. The maximum atomic E-state index is 6.09. The van der Waals surface area contributed by atoms with E-state index in [-0.39, 0.29) is 12.1 Å². The summed E-state index contributed by atoms with van der Waals surface area (Å²) in [6.07, 6.45) is 4.64. The van der Waals surface area contributed by atoms with Crippen LogP contribution < -0.4 is 11.1 Å². The first-order valence-corrected chi connectivity index (χ1v) is 6.20. The molecule has 0 aliphatic heterocycles. The second kappa shape index (κ2) is 4.37. The van der Waals surface area contributed by atoms with Crippen LogP contribution in [0.25, 0.3) is 11.1 Å². The van der Waals surface area contributed by atoms with Crippen molar-refractivity contribution in [3.8, 4) is 0 Å². The molecule has 1 aromatic carbocycles. The Morgan fingerprint density at radius 1 is 1.24 bits per heavy atom. The number of aromatic nitrogens is 1. The number of fused-ring (bicyclic) bond motifs is 1. The molecular formula is C13H17N3O. The lowest BCUT2D eigenvalue weighted by Gasteiger charge is -2.28. The molecule has 0 saturated heterocycles. The second-order valence-corrected chi connectivity index (χ2v) is 4.69. The molecule has 1 heterocycles. The van der Waals surface area contributed by atoms with E-state index in [9.17, 15) is 0 Å². The van der Waals surface area contributed by atoms with Gasteiger partial charge in [-0.25, -0.2) is 0 Å². The monoisotopic (exact) mass is 231 g/mol. The van der Waals surface area contributed by atoms with Crippen molar-refractivity contribution in [1.29, 1.82) is 0 Å². The molecule has 1 fully saturated rings. The van der Waals surface area contributed by atoms with Gasteiger partial charge in [-0.05, 0) is 25.0 Å². The fourth-order valence-electron chi connectivity index (χ4n) is 2.43. The molecule has 0 unspecified atom stereocenters. The topological polar surface area (TPSA) is 64.1 Å². The zero-order chi connectivity index (χ0) is 11.7. The number of nitrogens with one attached hydrogen (secondary N) is 1. The number of anilines is 1. The lowest BCUT2D eigenvalue weighted by molar-refractivity contribution is 0.396. The van der Waals surface area contributed by atoms with Crippen molar-refractivity contribution >= 4 is 17.1 Å². The van der Waals surface area contributed by atoms with Crippen LogP contribution in [0.1, 0.15) is 25.7 Å². The largest absolute Gasteiger partial charge is 0.424 e. The maximum absolute atomic E-state index is 6.09. The maximum Gasteiger partial charge on any atom is 0.295 e. The standard InChI is InChI=1S/C13H17N3O/c14-9-5-1-2-6-10(9)15-13-16-11-7-3-4-8-12(11)17-13/h3-4,7-10H,1-2,5-6,14H2,(H,15,16)/t9-,10+/m0/s1. The number of rotatable bonds is 2. The van der Waals surface area contributed by atoms with Crippen molar-refractivity contribution in [2.75, 3.05) is 5.32 Å². The Hall–Kier alpha value is -1.55. The third-order valence-corrected chi connectivity index (χ3v) is 3.42. The molecule has 1 aliphatic carbocycles. The summed E-state index contributed by atoms with van der Waals surface area (Å²) < 4.78 is 5.64. The normalized spacial score (nSPS) is 25.0. The van der Waals surface area contributed by atoms with Crippen molar-refractivity contribution in [3.05, 3.63) is 24.3 Å². The number of hydrogen-bond acceptors (Lipinski definition) is 4. The van der Waals surface area contributed by atoms with Gasteiger partial charge in [0.2, 0.25) is 0 Å². The Bertz CT molecular complexity index is 475. The number of oxazole rings is 1. The third kappa shape index (κ3) is 2.13. The van der Waals surface area contributed by atoms with Crippen LogP contribution in [0.3, 0.4) is 0 Å². The quantitative estimate of drug-likeness (QED) is 0.833. The first kappa shape index (κ1) is 10.6. The SMILES string of the molecule is N[C@H]1CCCC[C@H]1Nc1nc2ccccc2o1. The molecule has 3 rings (SSSR count). The summed E-state index contributed by atoms with van der Waals surface area (Å²) in [6, 6.07) is 8.87. The van der Waals surface area contributed by atoms with Gasteiger partial charge < -0.3 is 15.5 Å². The molecule has 1 saturated carbocycles. The van der Waals surface area contributed by atoms with Gasteiger partial charge in [0.15, 0.2) is 5.58 Å². The van der Waals surface area contributed by atoms with Gasteiger partial charge in [-0.1, -0.05) is 25.0 Å². The van der Waals surface area contributed by atoms with Crippen LogP contribution in [-0.4, -0.2) is 17.1 Å². The average molecular weight is 231 g/mol. The van der Waals surface area contributed by atoms with Crippen LogP contribution in [0.15, 0.2) is 28.7 Å². The van der Waals surface area contributed by atoms with Gasteiger partial charge in [0.25, 0.3) is 6.01 Å². The van der Waals surface area contributed by atoms with Crippen LogP contribution in [0, 0.1) is 0 Å². The van der Waals surface area contributed by atoms with E-state index < -0.39 is 0 Å². The van der Waals surface area contributed by atoms with Crippen molar-refractivity contribution in [2.45, 2.75) is 37.8 Å². The van der Waals surface area contributed by atoms with E-state index >= 15 is 0 Å². The fourth-order valence-corrected chi connectivity index (χ4v) is 2.43. The van der Waals surface area contributed by atoms with E-state index in [4.69, 9.17) is 10.2 Å². The molecule has 0 spiro atoms. The molecule has 2 aromatic rings. The van der Waals surface area contributed by atoms with Gasteiger partial charge in [0.05, 0.1) is 0 Å². The van der Waals surface area contributed by atoms with E-state index in [1.165, 1.54) is 12.8 Å². The smallest absolute Gasteiger partial charge is 0.295 e. The zero-order valence-corrected chi connectivity index (χ0v) is 9.73. The minimum absolute atomic E-state index is 0.207. The average Bonchev–Trinajstić information content (AvgIpc) is 2.74. The summed E-state index contributed by atoms with van der Waals surface area (Å²) in [5, 5.41) is 3.32. The van der Waals surface area contributed by atoms with Gasteiger partial charge in [-0.2, -0.15) is 4.98 Å². The van der Waals surface area contributed by atoms with Crippen LogP contribution in [0.2, 0.25) is 0 Å². The first-order chi connectivity index (χ1) is 8.33. The highest BCUT2D eigenvalue weighted by Gasteiger charge is 2.22. The van der Waals surface area contributed by atoms with Crippen LogP contribution in [0.4, 0.5) is 6.01 Å². The van der Waals surface area contributed by atoms with Crippen LogP contribution >= 0.6 is 0 Å². The molecule has 17 heavy (non-hydrogen) atoms. The highest BCUT2D eigenvalue weighted by atomic mass is 16.4. The number of nitrogens with zero attached hydrogens (tertiary/aromatic N) is 1. The summed E-state index contributed by atoms with van der Waals surface area (Å²) in [7, 11) is 0. The molecule has 2 atom stereocenters. The molecule has 0 bridgehead atoms. The van der Waals surface area contributed by atoms with E-state index in [0.29, 0.717) is 6.01 Å². The highest BCUT2D eigenvalue weighted by Crippen LogP contribution is 2.23. The molecule has 1 aliphatic rings. The molecule has 4 nitrogen and oxygen atoms in total. The summed E-state index contributed by atoms with van der Waals surface area (Å²) in [6.45, 7) is 0. The van der Waals surface area contributed by atoms with Crippen molar-refractivity contribution in [3.63, 3.8) is 0 Å². The van der Waals surface area contributed by atoms with Crippen molar-refractivity contribution < 1.29 is 4.42 Å². The van der Waals surface area contributed by atoms with Crippen LogP contribution in [-0.2, 0) is 0 Å². The zero-order valence-electron chi connectivity index (χ0n) is 9.73. The molecule has 1 aromatic heterocycles. The summed E-state index contributed by atoms with van der Waals surface area (Å²) in [5.74, 6) is 0. The van der Waals surface area contributed by atoms with E-state index in [0.717, 1.165) is 23.9 Å². The van der Waals surface area contributed by atoms with Crippen LogP contribution in [0.5, 0.6) is 0 Å². The Labute approximate surface area is 100 Å². The Morgan fingerprint density at radius 3 is 2.88 bits per heavy atom. The molecule has 0 radical (unpaired) electrons. The van der Waals surface area contributed by atoms with Crippen molar-refractivity contribution in [1.82, 2.24) is 4.98 Å². The lowest BCUT2D eigenvalue weighted by atomic mass is 9.91. The Kier molecular flexibility index (Phi) is 2.73. The van der Waals surface area contributed by atoms with E-state index in [2.05, 4.69) is 10.3 Å². The van der Waals surface area contributed by atoms with Gasteiger partial charge in [-0.3, -0.25) is 0 Å². The van der Waals surface area contributed by atoms with Gasteiger partial charge in [-0.15, -0.1) is 0 Å². The number of nitrogens with two attached hydrogens (primary N) is 1. The van der Waals surface area contributed by atoms with E-state index in [1.807, 2.05) is 24.3 Å². The van der Waals surface area contributed by atoms with Gasteiger partial charge >= 0.3 is 0 Å². The van der Waals surface area contributed by atoms with E-state index in [1.54, 1.807) is 0 Å². The summed E-state index contributed by atoms with van der Waals surface area (Å²) in [5.41, 5.74) is 7.80. The number of para-hydroxylation sites is 2. The minimum atomic E-state index is 0.207. The summed E-state index contributed by atoms with van der Waals surface area (Å²) in [4.78, 5) is 4.41. The molecule has 90 valence electrons. The third-order valence-electron chi connectivity index (χ3n) is 3.42. The van der Waals surface area contributed by atoms with Crippen molar-refractivity contribution in [2.24, 2.45) is 5.73 Å². The Balaban J connectivity index is 1.79. The van der Waals surface area contributed by atoms with Gasteiger partial charge in [0.1, 0.15) is 5.52 Å². The predicted octanol–water partition coefficient (Wildman–Crippen LogP) is 2.51. The second-order valence-electron chi connectivity index (χ2n) is 4.69. The lowest BCUT2D eigenvalue weighted by Crippen LogP contribution is -2.42. The number of hydrogen-bond donors (Lipinski definition) is 2. The summed E-state index contributed by atoms with van der Waals surface area (Å²) >= 11 is 0. The Morgan fingerprint density at radius 2 is 2.06 bits per heavy atom. The molecule has 0 amide bonds. The molecule has 4 heteroatoms. The molecule has 3 N–H and O–H groups in total. The number of benzene rings is 1. The fraction of sp³-hybridized carbons (Fsp3) is 0.462. The predicted molar refractivity (Wildman–Crippen MR) is 67.9 cm³/mol. The first-order valence-electron chi connectivity index (χ1n) is 6.20.